The topological polar surface area (TPSA) is 73.9 Å². The van der Waals surface area contributed by atoms with E-state index in [1.807, 2.05) is 42.5 Å². The van der Waals surface area contributed by atoms with E-state index in [-0.39, 0.29) is 5.57 Å². The van der Waals surface area contributed by atoms with E-state index in [1.165, 1.54) is 20.0 Å². The van der Waals surface area contributed by atoms with Crippen LogP contribution >= 0.6 is 0 Å². The Kier molecular flexibility index (Phi) is 4.93. The maximum Gasteiger partial charge on any atom is 0.350 e. The molecule has 0 atom stereocenters. The number of carbonyl (C=O) groups excluding carboxylic acids is 2. The van der Waals surface area contributed by atoms with Gasteiger partial charge in [-0.2, -0.15) is 0 Å². The normalized spacial score (nSPS) is 15.7. The number of hydrogen-bond acceptors (Lipinski definition) is 6. The SMILES string of the molecule is CC1(C)OC(=O)C(=CNc2ccccc2OCc2ccccc2)C(=O)O1. The third kappa shape index (κ3) is 4.22. The van der Waals surface area contributed by atoms with E-state index in [1.54, 1.807) is 12.1 Å². The zero-order valence-corrected chi connectivity index (χ0v) is 14.5. The fourth-order valence-electron chi connectivity index (χ4n) is 2.38. The van der Waals surface area contributed by atoms with Gasteiger partial charge in [0.25, 0.3) is 5.79 Å². The van der Waals surface area contributed by atoms with Crippen molar-refractivity contribution in [3.63, 3.8) is 0 Å². The van der Waals surface area contributed by atoms with Crippen LogP contribution in [0.4, 0.5) is 5.69 Å². The lowest BCUT2D eigenvalue weighted by atomic mass is 10.2. The Labute approximate surface area is 151 Å². The van der Waals surface area contributed by atoms with Gasteiger partial charge in [-0.3, -0.25) is 0 Å². The monoisotopic (exact) mass is 353 g/mol. The van der Waals surface area contributed by atoms with Crippen molar-refractivity contribution in [3.8, 4) is 5.75 Å². The molecule has 0 saturated carbocycles. The fourth-order valence-corrected chi connectivity index (χ4v) is 2.38. The third-order valence-corrected chi connectivity index (χ3v) is 3.61. The van der Waals surface area contributed by atoms with Gasteiger partial charge in [0.2, 0.25) is 0 Å². The number of para-hydroxylation sites is 2. The predicted octanol–water partition coefficient (Wildman–Crippen LogP) is 3.40. The third-order valence-electron chi connectivity index (χ3n) is 3.61. The number of hydrogen-bond donors (Lipinski definition) is 1. The van der Waals surface area contributed by atoms with Crippen molar-refractivity contribution in [1.82, 2.24) is 0 Å². The molecule has 1 fully saturated rings. The Balaban J connectivity index is 1.72. The number of anilines is 1. The van der Waals surface area contributed by atoms with Crippen molar-refractivity contribution in [1.29, 1.82) is 0 Å². The number of nitrogens with one attached hydrogen (secondary N) is 1. The molecule has 134 valence electrons. The van der Waals surface area contributed by atoms with Crippen LogP contribution in [0.3, 0.4) is 0 Å². The molecule has 2 aromatic rings. The Morgan fingerprint density at radius 1 is 0.962 bits per heavy atom. The second kappa shape index (κ2) is 7.31. The lowest BCUT2D eigenvalue weighted by molar-refractivity contribution is -0.222. The van der Waals surface area contributed by atoms with E-state index in [4.69, 9.17) is 14.2 Å². The van der Waals surface area contributed by atoms with Crippen LogP contribution in [0.2, 0.25) is 0 Å². The summed E-state index contributed by atoms with van der Waals surface area (Å²) in [6.07, 6.45) is 1.27. The smallest absolute Gasteiger partial charge is 0.350 e. The average molecular weight is 353 g/mol. The summed E-state index contributed by atoms with van der Waals surface area (Å²) in [5.41, 5.74) is 1.44. The first-order valence-corrected chi connectivity index (χ1v) is 8.14. The quantitative estimate of drug-likeness (QED) is 0.504. The van der Waals surface area contributed by atoms with Gasteiger partial charge >= 0.3 is 11.9 Å². The highest BCUT2D eigenvalue weighted by molar-refractivity contribution is 6.15. The summed E-state index contributed by atoms with van der Waals surface area (Å²) in [7, 11) is 0. The van der Waals surface area contributed by atoms with Gasteiger partial charge in [-0.1, -0.05) is 42.5 Å². The number of ether oxygens (including phenoxy) is 3. The maximum absolute atomic E-state index is 12.0. The molecule has 0 aliphatic carbocycles. The second-order valence-corrected chi connectivity index (χ2v) is 6.15. The first-order valence-electron chi connectivity index (χ1n) is 8.14. The summed E-state index contributed by atoms with van der Waals surface area (Å²) in [6.45, 7) is 3.40. The summed E-state index contributed by atoms with van der Waals surface area (Å²) in [5, 5.41) is 2.92. The van der Waals surface area contributed by atoms with Gasteiger partial charge in [-0.05, 0) is 17.7 Å². The largest absolute Gasteiger partial charge is 0.487 e. The van der Waals surface area contributed by atoms with Crippen LogP contribution in [-0.2, 0) is 25.7 Å². The summed E-state index contributed by atoms with van der Waals surface area (Å²) in [5.74, 6) is -2.14. The summed E-state index contributed by atoms with van der Waals surface area (Å²) in [6, 6.07) is 17.0. The molecule has 0 aromatic heterocycles. The number of rotatable bonds is 5. The van der Waals surface area contributed by atoms with Crippen LogP contribution in [-0.4, -0.2) is 17.7 Å². The Bertz CT molecular complexity index is 820. The molecule has 6 heteroatoms. The molecule has 0 spiro atoms. The number of esters is 2. The summed E-state index contributed by atoms with van der Waals surface area (Å²) >= 11 is 0. The zero-order valence-electron chi connectivity index (χ0n) is 14.5. The highest BCUT2D eigenvalue weighted by Gasteiger charge is 2.38. The average Bonchev–Trinajstić information content (AvgIpc) is 2.60. The first-order chi connectivity index (χ1) is 12.4. The fraction of sp³-hybridized carbons (Fsp3) is 0.200. The molecule has 26 heavy (non-hydrogen) atoms. The molecular weight excluding hydrogens is 334 g/mol. The minimum absolute atomic E-state index is 0.206. The molecular formula is C20H19NO5. The Morgan fingerprint density at radius 2 is 1.58 bits per heavy atom. The van der Waals surface area contributed by atoms with E-state index in [0.717, 1.165) is 5.56 Å². The standard InChI is InChI=1S/C20H19NO5/c1-20(2)25-18(22)15(19(23)26-20)12-21-16-10-6-7-11-17(16)24-13-14-8-4-3-5-9-14/h3-12,21H,13H2,1-2H3. The molecule has 0 unspecified atom stereocenters. The molecule has 1 heterocycles. The van der Waals surface area contributed by atoms with Gasteiger partial charge in [-0.15, -0.1) is 0 Å². The molecule has 3 rings (SSSR count). The number of carbonyl (C=O) groups is 2. The van der Waals surface area contributed by atoms with Crippen LogP contribution in [0.5, 0.6) is 5.75 Å². The Hall–Kier alpha value is -3.28. The summed E-state index contributed by atoms with van der Waals surface area (Å²) in [4.78, 5) is 23.9. The van der Waals surface area contributed by atoms with Crippen molar-refractivity contribution in [2.24, 2.45) is 0 Å². The van der Waals surface area contributed by atoms with Gasteiger partial charge in [0.1, 0.15) is 12.4 Å². The van der Waals surface area contributed by atoms with Gasteiger partial charge in [0.15, 0.2) is 5.57 Å². The molecule has 6 nitrogen and oxygen atoms in total. The summed E-state index contributed by atoms with van der Waals surface area (Å²) < 4.78 is 15.9. The molecule has 1 aliphatic heterocycles. The van der Waals surface area contributed by atoms with Crippen LogP contribution in [0.1, 0.15) is 19.4 Å². The van der Waals surface area contributed by atoms with Crippen molar-refractivity contribution in [3.05, 3.63) is 71.9 Å². The zero-order chi connectivity index (χ0) is 18.6. The van der Waals surface area contributed by atoms with Crippen LogP contribution in [0.25, 0.3) is 0 Å². The molecule has 2 aromatic carbocycles. The van der Waals surface area contributed by atoms with E-state index >= 15 is 0 Å². The molecule has 1 aliphatic rings. The van der Waals surface area contributed by atoms with Crippen LogP contribution in [0.15, 0.2) is 66.4 Å². The van der Waals surface area contributed by atoms with E-state index in [0.29, 0.717) is 18.0 Å². The van der Waals surface area contributed by atoms with Crippen LogP contribution < -0.4 is 10.1 Å². The number of cyclic esters (lactones) is 2. The molecule has 0 bridgehead atoms. The lowest BCUT2D eigenvalue weighted by Crippen LogP contribution is -2.42. The van der Waals surface area contributed by atoms with E-state index in [9.17, 15) is 9.59 Å². The van der Waals surface area contributed by atoms with Crippen molar-refractivity contribution in [2.45, 2.75) is 26.2 Å². The second-order valence-electron chi connectivity index (χ2n) is 6.15. The highest BCUT2D eigenvalue weighted by Crippen LogP contribution is 2.27. The van der Waals surface area contributed by atoms with Gasteiger partial charge in [0.05, 0.1) is 5.69 Å². The predicted molar refractivity (Wildman–Crippen MR) is 95.2 cm³/mol. The highest BCUT2D eigenvalue weighted by atomic mass is 16.7. The van der Waals surface area contributed by atoms with E-state index < -0.39 is 17.7 Å². The van der Waals surface area contributed by atoms with Crippen molar-refractivity contribution in [2.75, 3.05) is 5.32 Å². The molecule has 1 saturated heterocycles. The minimum Gasteiger partial charge on any atom is -0.487 e. The van der Waals surface area contributed by atoms with Crippen LogP contribution in [0, 0.1) is 0 Å². The van der Waals surface area contributed by atoms with Gasteiger partial charge in [0, 0.05) is 20.0 Å². The molecule has 0 amide bonds. The first kappa shape index (κ1) is 17.5. The number of benzene rings is 2. The van der Waals surface area contributed by atoms with Gasteiger partial charge in [-0.25, -0.2) is 9.59 Å². The molecule has 0 radical (unpaired) electrons. The molecule has 1 N–H and O–H groups in total. The van der Waals surface area contributed by atoms with E-state index in [2.05, 4.69) is 5.32 Å². The van der Waals surface area contributed by atoms with Crippen molar-refractivity contribution < 1.29 is 23.8 Å². The lowest BCUT2D eigenvalue weighted by Gasteiger charge is -2.29. The van der Waals surface area contributed by atoms with Gasteiger partial charge < -0.3 is 19.5 Å². The maximum atomic E-state index is 12.0. The Morgan fingerprint density at radius 3 is 2.27 bits per heavy atom. The minimum atomic E-state index is -1.26. The van der Waals surface area contributed by atoms with Crippen molar-refractivity contribution >= 4 is 17.6 Å².